The molecule has 0 spiro atoms. The number of nitrogens with zero attached hydrogens (tertiary/aromatic N) is 1. The van der Waals surface area contributed by atoms with Crippen molar-refractivity contribution < 1.29 is 24.5 Å². The summed E-state index contributed by atoms with van der Waals surface area (Å²) in [6.45, 7) is 2.88. The summed E-state index contributed by atoms with van der Waals surface area (Å²) in [6, 6.07) is 13.5. The van der Waals surface area contributed by atoms with Crippen molar-refractivity contribution in [3.63, 3.8) is 0 Å². The predicted octanol–water partition coefficient (Wildman–Crippen LogP) is 1.82. The number of fused-ring (bicyclic) bond motifs is 1. The van der Waals surface area contributed by atoms with Gasteiger partial charge < -0.3 is 25.2 Å². The molecule has 0 aromatic heterocycles. The molecule has 0 fully saturated rings. The van der Waals surface area contributed by atoms with Gasteiger partial charge in [0.05, 0.1) is 24.5 Å². The van der Waals surface area contributed by atoms with Crippen LogP contribution in [0.3, 0.4) is 0 Å². The number of hydrogen-bond acceptors (Lipinski definition) is 5. The number of carbonyl (C=O) groups is 2. The molecule has 28 heavy (non-hydrogen) atoms. The smallest absolute Gasteiger partial charge is 0.257 e. The SMILES string of the molecule is C[C@H]1COc2c(NC(=O)C(O)c3ccccc3)cccc2C(=O)N(CCO)C1. The zero-order valence-corrected chi connectivity index (χ0v) is 15.7. The van der Waals surface area contributed by atoms with Crippen LogP contribution in [0.4, 0.5) is 5.69 Å². The van der Waals surface area contributed by atoms with Crippen LogP contribution < -0.4 is 10.1 Å². The molecule has 2 aromatic rings. The molecule has 2 aromatic carbocycles. The average molecular weight is 384 g/mol. The van der Waals surface area contributed by atoms with Crippen LogP contribution in [0.2, 0.25) is 0 Å². The third kappa shape index (κ3) is 4.32. The van der Waals surface area contributed by atoms with Crippen molar-refractivity contribution in [3.8, 4) is 5.75 Å². The first kappa shape index (κ1) is 19.9. The second-order valence-corrected chi connectivity index (χ2v) is 6.88. The van der Waals surface area contributed by atoms with E-state index < -0.39 is 12.0 Å². The molecule has 1 unspecified atom stereocenters. The molecule has 3 N–H and O–H groups in total. The number of β-amino-alcohol motifs (C(OH)–C–C–N with tert-alkyl or cyclic N) is 1. The second kappa shape index (κ2) is 8.86. The van der Waals surface area contributed by atoms with Gasteiger partial charge in [-0.15, -0.1) is 0 Å². The summed E-state index contributed by atoms with van der Waals surface area (Å²) >= 11 is 0. The summed E-state index contributed by atoms with van der Waals surface area (Å²) in [5.74, 6) is -0.550. The van der Waals surface area contributed by atoms with Crippen molar-refractivity contribution >= 4 is 17.5 Å². The number of benzene rings is 2. The summed E-state index contributed by atoms with van der Waals surface area (Å²) in [4.78, 5) is 27.0. The topological polar surface area (TPSA) is 99.1 Å². The van der Waals surface area contributed by atoms with Crippen LogP contribution in [0, 0.1) is 5.92 Å². The van der Waals surface area contributed by atoms with Crippen LogP contribution in [0.15, 0.2) is 48.5 Å². The monoisotopic (exact) mass is 384 g/mol. The third-order valence-electron chi connectivity index (χ3n) is 4.57. The molecular weight excluding hydrogens is 360 g/mol. The molecule has 0 saturated heterocycles. The molecule has 2 amide bonds. The number of aliphatic hydroxyl groups excluding tert-OH is 2. The maximum absolute atomic E-state index is 12.9. The van der Waals surface area contributed by atoms with Gasteiger partial charge in [-0.3, -0.25) is 9.59 Å². The number of aliphatic hydroxyl groups is 2. The number of hydrogen-bond donors (Lipinski definition) is 3. The molecule has 1 heterocycles. The van der Waals surface area contributed by atoms with E-state index in [0.717, 1.165) is 0 Å². The fourth-order valence-electron chi connectivity index (χ4n) is 3.17. The van der Waals surface area contributed by atoms with Gasteiger partial charge in [-0.2, -0.15) is 0 Å². The Hall–Kier alpha value is -2.90. The Balaban J connectivity index is 1.88. The molecule has 1 aliphatic rings. The molecule has 2 atom stereocenters. The van der Waals surface area contributed by atoms with Crippen molar-refractivity contribution in [2.75, 3.05) is 31.6 Å². The molecule has 7 heteroatoms. The van der Waals surface area contributed by atoms with Crippen LogP contribution in [0.25, 0.3) is 0 Å². The second-order valence-electron chi connectivity index (χ2n) is 6.88. The van der Waals surface area contributed by atoms with Crippen molar-refractivity contribution in [1.82, 2.24) is 4.90 Å². The van der Waals surface area contributed by atoms with E-state index in [1.165, 1.54) is 0 Å². The molecule has 3 rings (SSSR count). The highest BCUT2D eigenvalue weighted by Crippen LogP contribution is 2.33. The number of amides is 2. The zero-order valence-electron chi connectivity index (χ0n) is 15.7. The number of para-hydroxylation sites is 1. The van der Waals surface area contributed by atoms with E-state index in [1.54, 1.807) is 53.4 Å². The Morgan fingerprint density at radius 2 is 2.00 bits per heavy atom. The number of anilines is 1. The quantitative estimate of drug-likeness (QED) is 0.730. The van der Waals surface area contributed by atoms with Gasteiger partial charge in [0, 0.05) is 19.0 Å². The molecular formula is C21H24N2O5. The van der Waals surface area contributed by atoms with Gasteiger partial charge in [-0.1, -0.05) is 43.3 Å². The van der Waals surface area contributed by atoms with E-state index in [1.807, 2.05) is 6.92 Å². The molecule has 0 bridgehead atoms. The summed E-state index contributed by atoms with van der Waals surface area (Å²) in [5, 5.41) is 22.2. The first-order valence-corrected chi connectivity index (χ1v) is 9.21. The Bertz CT molecular complexity index is 840. The van der Waals surface area contributed by atoms with Crippen LogP contribution >= 0.6 is 0 Å². The molecule has 1 aliphatic heterocycles. The number of nitrogens with one attached hydrogen (secondary N) is 1. The van der Waals surface area contributed by atoms with E-state index >= 15 is 0 Å². The maximum Gasteiger partial charge on any atom is 0.257 e. The fraction of sp³-hybridized carbons (Fsp3) is 0.333. The van der Waals surface area contributed by atoms with E-state index in [9.17, 15) is 19.8 Å². The largest absolute Gasteiger partial charge is 0.490 e. The normalized spacial score (nSPS) is 17.8. The van der Waals surface area contributed by atoms with Crippen LogP contribution in [0.5, 0.6) is 5.75 Å². The van der Waals surface area contributed by atoms with Gasteiger partial charge in [-0.05, 0) is 17.7 Å². The van der Waals surface area contributed by atoms with E-state index in [-0.39, 0.29) is 30.7 Å². The number of ether oxygens (including phenoxy) is 1. The van der Waals surface area contributed by atoms with Crippen molar-refractivity contribution in [3.05, 3.63) is 59.7 Å². The van der Waals surface area contributed by atoms with Gasteiger partial charge in [0.15, 0.2) is 11.9 Å². The zero-order chi connectivity index (χ0) is 20.1. The minimum Gasteiger partial charge on any atom is -0.490 e. The molecule has 0 aliphatic carbocycles. The van der Waals surface area contributed by atoms with Gasteiger partial charge in [0.2, 0.25) is 0 Å². The Morgan fingerprint density at radius 1 is 1.25 bits per heavy atom. The van der Waals surface area contributed by atoms with E-state index in [4.69, 9.17) is 4.74 Å². The first-order valence-electron chi connectivity index (χ1n) is 9.21. The van der Waals surface area contributed by atoms with Crippen LogP contribution in [-0.2, 0) is 4.79 Å². The summed E-state index contributed by atoms with van der Waals surface area (Å²) in [5.41, 5.74) is 1.11. The Morgan fingerprint density at radius 3 is 2.71 bits per heavy atom. The van der Waals surface area contributed by atoms with Crippen LogP contribution in [-0.4, -0.2) is 53.2 Å². The fourth-order valence-corrected chi connectivity index (χ4v) is 3.17. The van der Waals surface area contributed by atoms with E-state index in [0.29, 0.717) is 30.0 Å². The number of carbonyl (C=O) groups excluding carboxylic acids is 2. The summed E-state index contributed by atoms with van der Waals surface area (Å²) < 4.78 is 5.85. The highest BCUT2D eigenvalue weighted by atomic mass is 16.5. The average Bonchev–Trinajstić information content (AvgIpc) is 2.71. The maximum atomic E-state index is 12.9. The number of rotatable bonds is 5. The van der Waals surface area contributed by atoms with Gasteiger partial charge in [-0.25, -0.2) is 0 Å². The highest BCUT2D eigenvalue weighted by molar-refractivity contribution is 6.02. The van der Waals surface area contributed by atoms with Gasteiger partial charge >= 0.3 is 0 Å². The van der Waals surface area contributed by atoms with Gasteiger partial charge in [0.1, 0.15) is 0 Å². The minimum atomic E-state index is -1.34. The molecule has 148 valence electrons. The standard InChI is InChI=1S/C21H24N2O5/c1-14-12-23(10-11-24)21(27)16-8-5-9-17(19(16)28-13-14)22-20(26)18(25)15-6-3-2-4-7-15/h2-9,14,18,24-25H,10-13H2,1H3,(H,22,26)/t14-,18?/m1/s1. The lowest BCUT2D eigenvalue weighted by atomic mass is 10.1. The molecule has 7 nitrogen and oxygen atoms in total. The molecule has 0 saturated carbocycles. The first-order chi connectivity index (χ1) is 13.5. The van der Waals surface area contributed by atoms with E-state index in [2.05, 4.69) is 5.32 Å². The van der Waals surface area contributed by atoms with Crippen LogP contribution in [0.1, 0.15) is 28.9 Å². The van der Waals surface area contributed by atoms with Gasteiger partial charge in [0.25, 0.3) is 11.8 Å². The predicted molar refractivity (Wildman–Crippen MR) is 104 cm³/mol. The summed E-state index contributed by atoms with van der Waals surface area (Å²) in [7, 11) is 0. The van der Waals surface area contributed by atoms with Crippen molar-refractivity contribution in [2.45, 2.75) is 13.0 Å². The third-order valence-corrected chi connectivity index (χ3v) is 4.57. The van der Waals surface area contributed by atoms with Crippen molar-refractivity contribution in [1.29, 1.82) is 0 Å². The summed E-state index contributed by atoms with van der Waals surface area (Å²) in [6.07, 6.45) is -1.34. The van der Waals surface area contributed by atoms with Crippen molar-refractivity contribution in [2.24, 2.45) is 5.92 Å². The lowest BCUT2D eigenvalue weighted by Gasteiger charge is -2.30. The Kier molecular flexibility index (Phi) is 6.28. The lowest BCUT2D eigenvalue weighted by molar-refractivity contribution is -0.124. The Labute approximate surface area is 163 Å². The minimum absolute atomic E-state index is 0.0577. The molecule has 0 radical (unpaired) electrons. The lowest BCUT2D eigenvalue weighted by Crippen LogP contribution is -2.40. The highest BCUT2D eigenvalue weighted by Gasteiger charge is 2.27.